The second kappa shape index (κ2) is 4.22. The molecule has 1 atom stereocenters. The molecule has 21 heavy (non-hydrogen) atoms. The lowest BCUT2D eigenvalue weighted by atomic mass is 9.97. The van der Waals surface area contributed by atoms with Crippen molar-refractivity contribution in [2.45, 2.75) is 13.0 Å². The summed E-state index contributed by atoms with van der Waals surface area (Å²) in [5, 5.41) is 1.15. The van der Waals surface area contributed by atoms with Crippen molar-refractivity contribution < 1.29 is 9.53 Å². The number of fused-ring (bicyclic) bond motifs is 2. The monoisotopic (exact) mass is 277 g/mol. The first kappa shape index (κ1) is 12.2. The lowest BCUT2D eigenvalue weighted by molar-refractivity contribution is 0.0457. The number of cyclic esters (lactones) is 1. The zero-order valence-electron chi connectivity index (χ0n) is 12.0. The SMILES string of the molecule is Cc1c([C@@H]2OC(=O)c3ccccc32)c2ccccc2n1C. The van der Waals surface area contributed by atoms with Gasteiger partial charge in [-0.05, 0) is 19.1 Å². The first-order chi connectivity index (χ1) is 10.2. The van der Waals surface area contributed by atoms with Crippen LogP contribution in [0.25, 0.3) is 10.9 Å². The third kappa shape index (κ3) is 1.57. The van der Waals surface area contributed by atoms with Crippen LogP contribution < -0.4 is 0 Å². The molecule has 0 bridgehead atoms. The molecule has 0 N–H and O–H groups in total. The minimum Gasteiger partial charge on any atom is -0.449 e. The summed E-state index contributed by atoms with van der Waals surface area (Å²) >= 11 is 0. The van der Waals surface area contributed by atoms with E-state index in [1.807, 2.05) is 43.4 Å². The van der Waals surface area contributed by atoms with Gasteiger partial charge in [0.2, 0.25) is 0 Å². The predicted molar refractivity (Wildman–Crippen MR) is 81.4 cm³/mol. The van der Waals surface area contributed by atoms with Crippen LogP contribution in [0.5, 0.6) is 0 Å². The normalized spacial score (nSPS) is 17.0. The fourth-order valence-electron chi connectivity index (χ4n) is 3.24. The number of aromatic nitrogens is 1. The van der Waals surface area contributed by atoms with Crippen molar-refractivity contribution in [3.05, 3.63) is 70.9 Å². The largest absolute Gasteiger partial charge is 0.449 e. The molecule has 0 amide bonds. The number of hydrogen-bond acceptors (Lipinski definition) is 2. The van der Waals surface area contributed by atoms with Crippen LogP contribution in [0.4, 0.5) is 0 Å². The Morgan fingerprint density at radius 3 is 2.62 bits per heavy atom. The van der Waals surface area contributed by atoms with Gasteiger partial charge in [-0.2, -0.15) is 0 Å². The number of carbonyl (C=O) groups excluding carboxylic acids is 1. The van der Waals surface area contributed by atoms with Gasteiger partial charge in [0.1, 0.15) is 0 Å². The van der Waals surface area contributed by atoms with E-state index in [-0.39, 0.29) is 12.1 Å². The molecule has 0 unspecified atom stereocenters. The summed E-state index contributed by atoms with van der Waals surface area (Å²) in [5.74, 6) is -0.233. The van der Waals surface area contributed by atoms with Crippen molar-refractivity contribution in [2.24, 2.45) is 7.05 Å². The zero-order valence-corrected chi connectivity index (χ0v) is 12.0. The molecular weight excluding hydrogens is 262 g/mol. The van der Waals surface area contributed by atoms with Crippen molar-refractivity contribution >= 4 is 16.9 Å². The van der Waals surface area contributed by atoms with Gasteiger partial charge in [0.15, 0.2) is 6.10 Å². The maximum absolute atomic E-state index is 12.1. The van der Waals surface area contributed by atoms with Gasteiger partial charge < -0.3 is 9.30 Å². The van der Waals surface area contributed by atoms with E-state index in [1.54, 1.807) is 0 Å². The van der Waals surface area contributed by atoms with E-state index in [0.29, 0.717) is 5.56 Å². The minimum absolute atomic E-state index is 0.233. The number of hydrogen-bond donors (Lipinski definition) is 0. The zero-order chi connectivity index (χ0) is 14.6. The minimum atomic E-state index is -0.306. The van der Waals surface area contributed by atoms with Crippen LogP contribution in [-0.4, -0.2) is 10.5 Å². The molecule has 1 aliphatic rings. The first-order valence-electron chi connectivity index (χ1n) is 7.02. The average Bonchev–Trinajstić information content (AvgIpc) is 2.97. The molecule has 0 saturated carbocycles. The standard InChI is InChI=1S/C18H15NO2/c1-11-16(14-9-5-6-10-15(14)19(11)2)17-12-7-3-4-8-13(12)18(20)21-17/h3-10,17H,1-2H3/t17-/m1/s1. The average molecular weight is 277 g/mol. The number of aryl methyl sites for hydroxylation is 1. The second-order valence-corrected chi connectivity index (χ2v) is 5.45. The highest BCUT2D eigenvalue weighted by atomic mass is 16.5. The molecule has 3 heteroatoms. The Balaban J connectivity index is 2.01. The van der Waals surface area contributed by atoms with Crippen LogP contribution in [0.1, 0.15) is 33.3 Å². The summed E-state index contributed by atoms with van der Waals surface area (Å²) in [6, 6.07) is 15.9. The molecule has 104 valence electrons. The van der Waals surface area contributed by atoms with Crippen molar-refractivity contribution in [3.63, 3.8) is 0 Å². The lowest BCUT2D eigenvalue weighted by Crippen LogP contribution is -2.03. The van der Waals surface area contributed by atoms with Gasteiger partial charge in [0, 0.05) is 34.8 Å². The lowest BCUT2D eigenvalue weighted by Gasteiger charge is -2.12. The number of esters is 1. The first-order valence-corrected chi connectivity index (χ1v) is 7.02. The third-order valence-corrected chi connectivity index (χ3v) is 4.40. The van der Waals surface area contributed by atoms with Gasteiger partial charge >= 0.3 is 5.97 Å². The maximum Gasteiger partial charge on any atom is 0.339 e. The highest BCUT2D eigenvalue weighted by Gasteiger charge is 2.34. The van der Waals surface area contributed by atoms with Crippen molar-refractivity contribution in [3.8, 4) is 0 Å². The molecule has 0 saturated heterocycles. The molecule has 2 heterocycles. The Morgan fingerprint density at radius 1 is 1.05 bits per heavy atom. The van der Waals surface area contributed by atoms with Crippen LogP contribution in [0, 0.1) is 6.92 Å². The number of carbonyl (C=O) groups is 1. The maximum atomic E-state index is 12.1. The Labute approximate surface area is 122 Å². The van der Waals surface area contributed by atoms with Crippen molar-refractivity contribution in [2.75, 3.05) is 0 Å². The van der Waals surface area contributed by atoms with Crippen LogP contribution in [0.15, 0.2) is 48.5 Å². The van der Waals surface area contributed by atoms with Gasteiger partial charge in [0.05, 0.1) is 5.56 Å². The Morgan fingerprint density at radius 2 is 1.76 bits per heavy atom. The summed E-state index contributed by atoms with van der Waals surface area (Å²) in [4.78, 5) is 12.1. The van der Waals surface area contributed by atoms with Crippen molar-refractivity contribution in [1.82, 2.24) is 4.57 Å². The summed E-state index contributed by atoms with van der Waals surface area (Å²) in [7, 11) is 2.05. The number of nitrogens with zero attached hydrogens (tertiary/aromatic N) is 1. The van der Waals surface area contributed by atoms with Gasteiger partial charge in [-0.15, -0.1) is 0 Å². The summed E-state index contributed by atoms with van der Waals surface area (Å²) < 4.78 is 7.82. The molecule has 0 radical (unpaired) electrons. The number of benzene rings is 2. The van der Waals surface area contributed by atoms with E-state index in [2.05, 4.69) is 23.6 Å². The third-order valence-electron chi connectivity index (χ3n) is 4.40. The van der Waals surface area contributed by atoms with Gasteiger partial charge in [0.25, 0.3) is 0 Å². The van der Waals surface area contributed by atoms with Crippen LogP contribution in [-0.2, 0) is 11.8 Å². The Hall–Kier alpha value is -2.55. The predicted octanol–water partition coefficient (Wildman–Crippen LogP) is 3.75. The van der Waals surface area contributed by atoms with Gasteiger partial charge in [-0.3, -0.25) is 0 Å². The molecular formula is C18H15NO2. The van der Waals surface area contributed by atoms with Crippen LogP contribution in [0.3, 0.4) is 0 Å². The summed E-state index contributed by atoms with van der Waals surface area (Å²) in [6.45, 7) is 2.07. The van der Waals surface area contributed by atoms with Crippen LogP contribution in [0.2, 0.25) is 0 Å². The van der Waals surface area contributed by atoms with E-state index in [4.69, 9.17) is 4.74 Å². The molecule has 3 nitrogen and oxygen atoms in total. The fourth-order valence-corrected chi connectivity index (χ4v) is 3.24. The molecule has 1 aromatic heterocycles. The molecule has 4 rings (SSSR count). The van der Waals surface area contributed by atoms with Crippen LogP contribution >= 0.6 is 0 Å². The van der Waals surface area contributed by atoms with E-state index in [1.165, 1.54) is 0 Å². The van der Waals surface area contributed by atoms with Crippen molar-refractivity contribution in [1.29, 1.82) is 0 Å². The second-order valence-electron chi connectivity index (χ2n) is 5.45. The smallest absolute Gasteiger partial charge is 0.339 e. The molecule has 3 aromatic rings. The topological polar surface area (TPSA) is 31.2 Å². The quantitative estimate of drug-likeness (QED) is 0.634. The Kier molecular flexibility index (Phi) is 2.45. The Bertz CT molecular complexity index is 876. The number of rotatable bonds is 1. The molecule has 0 fully saturated rings. The molecule has 1 aliphatic heterocycles. The molecule has 0 spiro atoms. The number of ether oxygens (including phenoxy) is 1. The summed E-state index contributed by atoms with van der Waals surface area (Å²) in [6.07, 6.45) is -0.306. The number of para-hydroxylation sites is 1. The van der Waals surface area contributed by atoms with Gasteiger partial charge in [-0.25, -0.2) is 4.79 Å². The van der Waals surface area contributed by atoms with E-state index in [9.17, 15) is 4.79 Å². The van der Waals surface area contributed by atoms with Gasteiger partial charge in [-0.1, -0.05) is 36.4 Å². The highest BCUT2D eigenvalue weighted by molar-refractivity contribution is 5.96. The fraction of sp³-hybridized carbons (Fsp3) is 0.167. The van der Waals surface area contributed by atoms with E-state index >= 15 is 0 Å². The summed E-state index contributed by atoms with van der Waals surface area (Å²) in [5.41, 5.74) is 5.01. The highest BCUT2D eigenvalue weighted by Crippen LogP contribution is 2.41. The molecule has 2 aromatic carbocycles. The van der Waals surface area contributed by atoms with E-state index in [0.717, 1.165) is 27.7 Å². The van der Waals surface area contributed by atoms with E-state index < -0.39 is 0 Å². The molecule has 0 aliphatic carbocycles.